The molecular formula is C34H52O3. The lowest BCUT2D eigenvalue weighted by Crippen LogP contribution is -1.92. The Morgan fingerprint density at radius 1 is 0.622 bits per heavy atom. The number of ether oxygens (including phenoxy) is 1. The van der Waals surface area contributed by atoms with Crippen molar-refractivity contribution in [3.05, 3.63) is 71.8 Å². The van der Waals surface area contributed by atoms with Crippen LogP contribution in [0.5, 0.6) is 11.5 Å². The third kappa shape index (κ3) is 17.5. The van der Waals surface area contributed by atoms with Gasteiger partial charge in [0.2, 0.25) is 0 Å². The zero-order valence-corrected chi connectivity index (χ0v) is 23.9. The van der Waals surface area contributed by atoms with E-state index in [1.54, 1.807) is 0 Å². The summed E-state index contributed by atoms with van der Waals surface area (Å²) in [4.78, 5) is 9.60. The maximum atomic E-state index is 9.60. The summed E-state index contributed by atoms with van der Waals surface area (Å²) in [6.45, 7) is 9.16. The van der Waals surface area contributed by atoms with Crippen LogP contribution in [0.3, 0.4) is 0 Å². The third-order valence-corrected chi connectivity index (χ3v) is 6.59. The van der Waals surface area contributed by atoms with Gasteiger partial charge < -0.3 is 9.84 Å². The number of aliphatic carboxylic acids is 1. The van der Waals surface area contributed by atoms with Crippen LogP contribution < -0.4 is 4.74 Å². The molecule has 0 amide bonds. The Balaban J connectivity index is 0.00000102. The molecule has 0 aromatic heterocycles. The largest absolute Gasteiger partial charge is 0.478 e. The minimum atomic E-state index is -0.935. The highest BCUT2D eigenvalue weighted by Crippen LogP contribution is 2.23. The number of hydrogen-bond acceptors (Lipinski definition) is 2. The molecule has 0 saturated carbocycles. The zero-order valence-electron chi connectivity index (χ0n) is 23.9. The van der Waals surface area contributed by atoms with Gasteiger partial charge in [0.15, 0.2) is 0 Å². The van der Waals surface area contributed by atoms with Gasteiger partial charge in [-0.2, -0.15) is 0 Å². The lowest BCUT2D eigenvalue weighted by Gasteiger charge is -2.08. The van der Waals surface area contributed by atoms with E-state index in [1.807, 2.05) is 0 Å². The molecule has 0 heterocycles. The number of aryl methyl sites for hydroxylation is 2. The maximum absolute atomic E-state index is 9.60. The highest BCUT2D eigenvalue weighted by atomic mass is 16.5. The van der Waals surface area contributed by atoms with Crippen LogP contribution in [0, 0.1) is 0 Å². The van der Waals surface area contributed by atoms with Crippen molar-refractivity contribution in [2.24, 2.45) is 0 Å². The molecule has 0 saturated heterocycles. The number of benzene rings is 2. The Hall–Kier alpha value is -2.55. The highest BCUT2D eigenvalue weighted by molar-refractivity contribution is 5.84. The van der Waals surface area contributed by atoms with Gasteiger partial charge in [-0.05, 0) is 68.0 Å². The summed E-state index contributed by atoms with van der Waals surface area (Å²) in [6.07, 6.45) is 21.5. The SMILES string of the molecule is C=C(C)C(=O)O.CCCCCCCCCc1ccc(Oc2ccc(CCCCCCCCC)cc2)cc1. The molecule has 3 nitrogen and oxygen atoms in total. The predicted molar refractivity (Wildman–Crippen MR) is 159 cm³/mol. The standard InChI is InChI=1S/C30H46O.C4H6O2/c1-3-5-7-9-11-13-15-17-27-19-23-29(24-20-27)31-30-25-21-28(22-26-30)18-16-14-12-10-8-6-4-2;1-3(2)4(5)6/h19-26H,3-18H2,1-2H3;1H2,2H3,(H,5,6). The first-order chi connectivity index (χ1) is 18.0. The van der Waals surface area contributed by atoms with Crippen molar-refractivity contribution in [1.82, 2.24) is 0 Å². The molecule has 0 aliphatic heterocycles. The zero-order chi connectivity index (χ0) is 27.1. The van der Waals surface area contributed by atoms with Gasteiger partial charge in [-0.3, -0.25) is 0 Å². The smallest absolute Gasteiger partial charge is 0.330 e. The van der Waals surface area contributed by atoms with Crippen LogP contribution in [0.25, 0.3) is 0 Å². The van der Waals surface area contributed by atoms with Crippen molar-refractivity contribution in [3.8, 4) is 11.5 Å². The monoisotopic (exact) mass is 508 g/mol. The molecule has 3 heteroatoms. The lowest BCUT2D eigenvalue weighted by atomic mass is 10.0. The van der Waals surface area contributed by atoms with Gasteiger partial charge >= 0.3 is 5.97 Å². The molecular weight excluding hydrogens is 456 g/mol. The van der Waals surface area contributed by atoms with E-state index < -0.39 is 5.97 Å². The normalized spacial score (nSPS) is 10.5. The molecule has 0 fully saturated rings. The average Bonchev–Trinajstić information content (AvgIpc) is 2.90. The number of carboxylic acids is 1. The fourth-order valence-electron chi connectivity index (χ4n) is 4.16. The summed E-state index contributed by atoms with van der Waals surface area (Å²) < 4.78 is 6.05. The molecule has 37 heavy (non-hydrogen) atoms. The quantitative estimate of drug-likeness (QED) is 0.152. The molecule has 2 aromatic carbocycles. The van der Waals surface area contributed by atoms with Crippen molar-refractivity contribution in [2.45, 2.75) is 124 Å². The lowest BCUT2D eigenvalue weighted by molar-refractivity contribution is -0.132. The molecule has 0 spiro atoms. The summed E-state index contributed by atoms with van der Waals surface area (Å²) in [6, 6.07) is 17.4. The molecule has 0 atom stereocenters. The Bertz CT molecular complexity index is 765. The first-order valence-electron chi connectivity index (χ1n) is 14.7. The Kier molecular flexibility index (Phi) is 18.9. The van der Waals surface area contributed by atoms with Crippen LogP contribution >= 0.6 is 0 Å². The average molecular weight is 509 g/mol. The summed E-state index contributed by atoms with van der Waals surface area (Å²) in [7, 11) is 0. The van der Waals surface area contributed by atoms with Gasteiger partial charge in [0.1, 0.15) is 11.5 Å². The first-order valence-corrected chi connectivity index (χ1v) is 14.7. The summed E-state index contributed by atoms with van der Waals surface area (Å²) >= 11 is 0. The molecule has 0 radical (unpaired) electrons. The van der Waals surface area contributed by atoms with E-state index in [4.69, 9.17) is 9.84 Å². The molecule has 0 unspecified atom stereocenters. The number of carboxylic acid groups (broad SMARTS) is 1. The predicted octanol–water partition coefficient (Wildman–Crippen LogP) is 10.7. The fraction of sp³-hybridized carbons (Fsp3) is 0.559. The molecule has 0 aliphatic carbocycles. The van der Waals surface area contributed by atoms with Crippen molar-refractivity contribution in [3.63, 3.8) is 0 Å². The van der Waals surface area contributed by atoms with E-state index in [9.17, 15) is 4.79 Å². The Labute approximate surface area is 227 Å². The summed E-state index contributed by atoms with van der Waals surface area (Å²) in [5, 5.41) is 7.89. The third-order valence-electron chi connectivity index (χ3n) is 6.59. The van der Waals surface area contributed by atoms with Crippen molar-refractivity contribution < 1.29 is 14.6 Å². The minimum Gasteiger partial charge on any atom is -0.478 e. The van der Waals surface area contributed by atoms with Gasteiger partial charge in [-0.25, -0.2) is 4.79 Å². The Morgan fingerprint density at radius 3 is 1.22 bits per heavy atom. The minimum absolute atomic E-state index is 0.176. The number of hydrogen-bond donors (Lipinski definition) is 1. The molecule has 0 aliphatic rings. The van der Waals surface area contributed by atoms with Crippen LogP contribution in [0.4, 0.5) is 0 Å². The van der Waals surface area contributed by atoms with Gasteiger partial charge in [0.05, 0.1) is 0 Å². The second-order valence-electron chi connectivity index (χ2n) is 10.2. The molecule has 0 bridgehead atoms. The van der Waals surface area contributed by atoms with Crippen LogP contribution in [-0.2, 0) is 17.6 Å². The highest BCUT2D eigenvalue weighted by Gasteiger charge is 2.01. The van der Waals surface area contributed by atoms with Crippen LogP contribution in [0.2, 0.25) is 0 Å². The number of unbranched alkanes of at least 4 members (excludes halogenated alkanes) is 12. The van der Waals surface area contributed by atoms with Gasteiger partial charge in [0.25, 0.3) is 0 Å². The van der Waals surface area contributed by atoms with Crippen LogP contribution in [-0.4, -0.2) is 11.1 Å². The van der Waals surface area contributed by atoms with E-state index in [-0.39, 0.29) is 5.57 Å². The van der Waals surface area contributed by atoms with E-state index in [0.717, 1.165) is 11.5 Å². The number of rotatable bonds is 19. The molecule has 1 N–H and O–H groups in total. The van der Waals surface area contributed by atoms with Gasteiger partial charge in [-0.15, -0.1) is 0 Å². The molecule has 206 valence electrons. The van der Waals surface area contributed by atoms with Crippen molar-refractivity contribution in [1.29, 1.82) is 0 Å². The van der Waals surface area contributed by atoms with Crippen molar-refractivity contribution >= 4 is 5.97 Å². The molecule has 2 rings (SSSR count). The molecule has 2 aromatic rings. The van der Waals surface area contributed by atoms with Crippen LogP contribution in [0.1, 0.15) is 122 Å². The fourth-order valence-corrected chi connectivity index (χ4v) is 4.16. The topological polar surface area (TPSA) is 46.5 Å². The van der Waals surface area contributed by atoms with E-state index in [2.05, 4.69) is 69.0 Å². The maximum Gasteiger partial charge on any atom is 0.330 e. The second-order valence-corrected chi connectivity index (χ2v) is 10.2. The van der Waals surface area contributed by atoms with Crippen molar-refractivity contribution in [2.75, 3.05) is 0 Å². The Morgan fingerprint density at radius 2 is 0.919 bits per heavy atom. The van der Waals surface area contributed by atoms with E-state index in [1.165, 1.54) is 121 Å². The van der Waals surface area contributed by atoms with Gasteiger partial charge in [0, 0.05) is 5.57 Å². The van der Waals surface area contributed by atoms with E-state index >= 15 is 0 Å². The van der Waals surface area contributed by atoms with E-state index in [0.29, 0.717) is 0 Å². The van der Waals surface area contributed by atoms with Crippen LogP contribution in [0.15, 0.2) is 60.7 Å². The summed E-state index contributed by atoms with van der Waals surface area (Å²) in [5.74, 6) is 0.932. The first kappa shape index (κ1) is 32.5. The van der Waals surface area contributed by atoms with Gasteiger partial charge in [-0.1, -0.05) is 122 Å². The second kappa shape index (κ2) is 21.5. The summed E-state index contributed by atoms with van der Waals surface area (Å²) in [5.41, 5.74) is 3.02. The number of carbonyl (C=O) groups is 1.